The minimum atomic E-state index is -0.998. The van der Waals surface area contributed by atoms with Gasteiger partial charge in [-0.25, -0.2) is 4.79 Å². The summed E-state index contributed by atoms with van der Waals surface area (Å²) in [6.45, 7) is 1.86. The highest BCUT2D eigenvalue weighted by molar-refractivity contribution is 5.96. The number of carbonyl (C=O) groups excluding carboxylic acids is 1. The molecule has 86 valence electrons. The van der Waals surface area contributed by atoms with Crippen molar-refractivity contribution in [1.29, 1.82) is 0 Å². The maximum atomic E-state index is 11.3. The molecule has 0 saturated carbocycles. The topological polar surface area (TPSA) is 78.4 Å². The summed E-state index contributed by atoms with van der Waals surface area (Å²) in [4.78, 5) is 22.2. The van der Waals surface area contributed by atoms with Crippen molar-refractivity contribution in [2.75, 3.05) is 18.9 Å². The van der Waals surface area contributed by atoms with Crippen LogP contribution in [-0.4, -0.2) is 30.6 Å². The zero-order valence-corrected chi connectivity index (χ0v) is 9.20. The fourth-order valence-electron chi connectivity index (χ4n) is 1.36. The Morgan fingerprint density at radius 2 is 2.06 bits per heavy atom. The van der Waals surface area contributed by atoms with E-state index in [-0.39, 0.29) is 18.0 Å². The SMILES string of the molecule is CNCC(=O)Nc1cccc(C(=O)O)c1C. The molecule has 0 aliphatic carbocycles. The number of rotatable bonds is 4. The normalized spacial score (nSPS) is 9.88. The molecule has 0 heterocycles. The maximum Gasteiger partial charge on any atom is 0.336 e. The third-order valence-electron chi connectivity index (χ3n) is 2.18. The van der Waals surface area contributed by atoms with Gasteiger partial charge in [0, 0.05) is 5.69 Å². The average Bonchev–Trinajstić information content (AvgIpc) is 2.21. The average molecular weight is 222 g/mol. The number of amides is 1. The molecule has 0 aliphatic heterocycles. The van der Waals surface area contributed by atoms with E-state index in [1.165, 1.54) is 6.07 Å². The first-order chi connectivity index (χ1) is 7.56. The van der Waals surface area contributed by atoms with Crippen molar-refractivity contribution in [1.82, 2.24) is 5.32 Å². The summed E-state index contributed by atoms with van der Waals surface area (Å²) >= 11 is 0. The molecule has 1 amide bonds. The first-order valence-electron chi connectivity index (χ1n) is 4.83. The summed E-state index contributed by atoms with van der Waals surface area (Å²) in [6, 6.07) is 4.78. The van der Waals surface area contributed by atoms with Crippen LogP contribution in [0.1, 0.15) is 15.9 Å². The molecule has 0 fully saturated rings. The number of benzene rings is 1. The fourth-order valence-corrected chi connectivity index (χ4v) is 1.36. The lowest BCUT2D eigenvalue weighted by molar-refractivity contribution is -0.115. The van der Waals surface area contributed by atoms with Gasteiger partial charge in [0.05, 0.1) is 12.1 Å². The van der Waals surface area contributed by atoms with Gasteiger partial charge in [-0.2, -0.15) is 0 Å². The number of carboxylic acids is 1. The molecule has 0 saturated heterocycles. The molecule has 1 rings (SSSR count). The van der Waals surface area contributed by atoms with E-state index in [0.29, 0.717) is 11.3 Å². The lowest BCUT2D eigenvalue weighted by Gasteiger charge is -2.09. The Balaban J connectivity index is 2.93. The van der Waals surface area contributed by atoms with Crippen molar-refractivity contribution < 1.29 is 14.7 Å². The molecule has 0 spiro atoms. The molecule has 0 aromatic heterocycles. The molecular weight excluding hydrogens is 208 g/mol. The van der Waals surface area contributed by atoms with Crippen LogP contribution < -0.4 is 10.6 Å². The molecule has 1 aromatic carbocycles. The summed E-state index contributed by atoms with van der Waals surface area (Å²) in [5.74, 6) is -1.20. The molecular formula is C11H14N2O3. The van der Waals surface area contributed by atoms with Crippen molar-refractivity contribution in [3.8, 4) is 0 Å². The lowest BCUT2D eigenvalue weighted by atomic mass is 10.1. The molecule has 0 unspecified atom stereocenters. The Morgan fingerprint density at radius 3 is 2.62 bits per heavy atom. The molecule has 1 aromatic rings. The largest absolute Gasteiger partial charge is 0.478 e. The van der Waals surface area contributed by atoms with E-state index in [4.69, 9.17) is 5.11 Å². The van der Waals surface area contributed by atoms with Gasteiger partial charge in [-0.15, -0.1) is 0 Å². The van der Waals surface area contributed by atoms with Gasteiger partial charge in [0.25, 0.3) is 0 Å². The molecule has 0 radical (unpaired) electrons. The van der Waals surface area contributed by atoms with Crippen LogP contribution in [0.4, 0.5) is 5.69 Å². The summed E-state index contributed by atoms with van der Waals surface area (Å²) < 4.78 is 0. The number of hydrogen-bond donors (Lipinski definition) is 3. The number of carbonyl (C=O) groups is 2. The Kier molecular flexibility index (Phi) is 4.02. The minimum Gasteiger partial charge on any atom is -0.478 e. The van der Waals surface area contributed by atoms with Gasteiger partial charge in [-0.1, -0.05) is 6.07 Å². The van der Waals surface area contributed by atoms with Gasteiger partial charge < -0.3 is 15.7 Å². The first-order valence-corrected chi connectivity index (χ1v) is 4.83. The van der Waals surface area contributed by atoms with Crippen molar-refractivity contribution in [2.45, 2.75) is 6.92 Å². The van der Waals surface area contributed by atoms with Crippen LogP contribution in [0, 0.1) is 6.92 Å². The number of likely N-dealkylation sites (N-methyl/N-ethyl adjacent to an activating group) is 1. The second kappa shape index (κ2) is 5.27. The number of carboxylic acid groups (broad SMARTS) is 1. The van der Waals surface area contributed by atoms with Crippen molar-refractivity contribution in [3.63, 3.8) is 0 Å². The third-order valence-corrected chi connectivity index (χ3v) is 2.18. The van der Waals surface area contributed by atoms with E-state index in [1.807, 2.05) is 0 Å². The van der Waals surface area contributed by atoms with Crippen LogP contribution in [0.25, 0.3) is 0 Å². The van der Waals surface area contributed by atoms with Gasteiger partial charge in [0.1, 0.15) is 0 Å². The second-order valence-corrected chi connectivity index (χ2v) is 3.36. The Labute approximate surface area is 93.5 Å². The van der Waals surface area contributed by atoms with E-state index >= 15 is 0 Å². The van der Waals surface area contributed by atoms with E-state index in [2.05, 4.69) is 10.6 Å². The molecule has 16 heavy (non-hydrogen) atoms. The molecule has 0 bridgehead atoms. The highest BCUT2D eigenvalue weighted by Crippen LogP contribution is 2.18. The summed E-state index contributed by atoms with van der Waals surface area (Å²) in [7, 11) is 1.67. The number of aromatic carboxylic acids is 1. The van der Waals surface area contributed by atoms with Gasteiger partial charge in [0.2, 0.25) is 5.91 Å². The number of hydrogen-bond acceptors (Lipinski definition) is 3. The Hall–Kier alpha value is -1.88. The quantitative estimate of drug-likeness (QED) is 0.705. The predicted octanol–water partition coefficient (Wildman–Crippen LogP) is 0.851. The standard InChI is InChI=1S/C11H14N2O3/c1-7-8(11(15)16)4-3-5-9(7)13-10(14)6-12-2/h3-5,12H,6H2,1-2H3,(H,13,14)(H,15,16). The monoisotopic (exact) mass is 222 g/mol. The van der Waals surface area contributed by atoms with Crippen molar-refractivity contribution in [3.05, 3.63) is 29.3 Å². The van der Waals surface area contributed by atoms with Crippen LogP contribution in [0.2, 0.25) is 0 Å². The van der Waals surface area contributed by atoms with Crippen LogP contribution in [0.3, 0.4) is 0 Å². The molecule has 3 N–H and O–H groups in total. The van der Waals surface area contributed by atoms with E-state index in [9.17, 15) is 9.59 Å². The summed E-state index contributed by atoms with van der Waals surface area (Å²) in [6.07, 6.45) is 0. The maximum absolute atomic E-state index is 11.3. The van der Waals surface area contributed by atoms with Crippen LogP contribution in [0.15, 0.2) is 18.2 Å². The van der Waals surface area contributed by atoms with E-state index in [1.54, 1.807) is 26.1 Å². The smallest absolute Gasteiger partial charge is 0.336 e. The predicted molar refractivity (Wildman–Crippen MR) is 60.7 cm³/mol. The van der Waals surface area contributed by atoms with Crippen LogP contribution in [-0.2, 0) is 4.79 Å². The van der Waals surface area contributed by atoms with Crippen LogP contribution in [0.5, 0.6) is 0 Å². The van der Waals surface area contributed by atoms with Crippen LogP contribution >= 0.6 is 0 Å². The number of nitrogens with one attached hydrogen (secondary N) is 2. The van der Waals surface area contributed by atoms with E-state index in [0.717, 1.165) is 0 Å². The molecule has 5 nitrogen and oxygen atoms in total. The van der Waals surface area contributed by atoms with Crippen molar-refractivity contribution >= 4 is 17.6 Å². The van der Waals surface area contributed by atoms with Gasteiger partial charge in [-0.3, -0.25) is 4.79 Å². The minimum absolute atomic E-state index is 0.191. The first kappa shape index (κ1) is 12.2. The van der Waals surface area contributed by atoms with Gasteiger partial charge in [-0.05, 0) is 31.7 Å². The van der Waals surface area contributed by atoms with Gasteiger partial charge in [0.15, 0.2) is 0 Å². The molecule has 5 heteroatoms. The third kappa shape index (κ3) is 2.80. The fraction of sp³-hybridized carbons (Fsp3) is 0.273. The van der Waals surface area contributed by atoms with Crippen molar-refractivity contribution in [2.24, 2.45) is 0 Å². The van der Waals surface area contributed by atoms with Gasteiger partial charge >= 0.3 is 5.97 Å². The highest BCUT2D eigenvalue weighted by Gasteiger charge is 2.11. The lowest BCUT2D eigenvalue weighted by Crippen LogP contribution is -2.25. The zero-order chi connectivity index (χ0) is 12.1. The summed E-state index contributed by atoms with van der Waals surface area (Å²) in [5.41, 5.74) is 1.28. The number of anilines is 1. The highest BCUT2D eigenvalue weighted by atomic mass is 16.4. The summed E-state index contributed by atoms with van der Waals surface area (Å²) in [5, 5.41) is 14.3. The Bertz CT molecular complexity index is 416. The molecule has 0 atom stereocenters. The second-order valence-electron chi connectivity index (χ2n) is 3.36. The van der Waals surface area contributed by atoms with E-state index < -0.39 is 5.97 Å². The zero-order valence-electron chi connectivity index (χ0n) is 9.20. The Morgan fingerprint density at radius 1 is 1.38 bits per heavy atom. The molecule has 0 aliphatic rings.